The van der Waals surface area contributed by atoms with Gasteiger partial charge < -0.3 is 10.0 Å². The quantitative estimate of drug-likeness (QED) is 0.707. The maximum Gasteiger partial charge on any atom is 0.253 e. The van der Waals surface area contributed by atoms with Gasteiger partial charge in [0.15, 0.2) is 0 Å². The van der Waals surface area contributed by atoms with Crippen LogP contribution in [0.15, 0.2) is 0 Å². The van der Waals surface area contributed by atoms with Crippen molar-refractivity contribution in [2.45, 2.75) is 46.1 Å². The number of hydrogen-bond acceptors (Lipinski definition) is 2. The van der Waals surface area contributed by atoms with Gasteiger partial charge in [-0.3, -0.25) is 4.79 Å². The van der Waals surface area contributed by atoms with E-state index < -0.39 is 5.60 Å². The molecule has 0 heterocycles. The zero-order chi connectivity index (χ0) is 10.5. The first kappa shape index (κ1) is 12.4. The lowest BCUT2D eigenvalue weighted by molar-refractivity contribution is -0.147. The number of aliphatic hydroxyl groups is 1. The highest BCUT2D eigenvalue weighted by Gasteiger charge is 2.28. The molecule has 0 radical (unpaired) electrons. The third kappa shape index (κ3) is 4.27. The standard InChI is InChI=1S/C10H21NO2/c1-5-7-11(8-6-2)9(12)10(3,4)13/h13H,5-8H2,1-4H3. The molecule has 0 atom stereocenters. The molecule has 3 nitrogen and oxygen atoms in total. The predicted molar refractivity (Wildman–Crippen MR) is 53.5 cm³/mol. The SMILES string of the molecule is CCCN(CCC)C(=O)C(C)(C)O. The summed E-state index contributed by atoms with van der Waals surface area (Å²) >= 11 is 0. The van der Waals surface area contributed by atoms with E-state index in [0.29, 0.717) is 0 Å². The van der Waals surface area contributed by atoms with Gasteiger partial charge in [-0.05, 0) is 26.7 Å². The summed E-state index contributed by atoms with van der Waals surface area (Å²) in [5.74, 6) is -0.170. The molecule has 0 unspecified atom stereocenters. The number of carbonyl (C=O) groups excluding carboxylic acids is 1. The lowest BCUT2D eigenvalue weighted by atomic mass is 10.1. The van der Waals surface area contributed by atoms with Gasteiger partial charge in [-0.2, -0.15) is 0 Å². The molecular weight excluding hydrogens is 166 g/mol. The van der Waals surface area contributed by atoms with E-state index in [1.165, 1.54) is 13.8 Å². The summed E-state index contributed by atoms with van der Waals surface area (Å²) in [5.41, 5.74) is -1.23. The van der Waals surface area contributed by atoms with Gasteiger partial charge in [-0.25, -0.2) is 0 Å². The summed E-state index contributed by atoms with van der Waals surface area (Å²) in [6.45, 7) is 8.59. The highest BCUT2D eigenvalue weighted by molar-refractivity contribution is 5.84. The van der Waals surface area contributed by atoms with E-state index in [1.807, 2.05) is 13.8 Å². The molecule has 0 aliphatic rings. The van der Waals surface area contributed by atoms with Crippen LogP contribution < -0.4 is 0 Å². The Hall–Kier alpha value is -0.570. The second-order valence-electron chi connectivity index (χ2n) is 3.85. The van der Waals surface area contributed by atoms with Crippen LogP contribution in [0.25, 0.3) is 0 Å². The third-order valence-electron chi connectivity index (χ3n) is 1.80. The Kier molecular flexibility index (Phi) is 4.99. The molecule has 0 rings (SSSR count). The van der Waals surface area contributed by atoms with Crippen LogP contribution in [0.4, 0.5) is 0 Å². The smallest absolute Gasteiger partial charge is 0.253 e. The van der Waals surface area contributed by atoms with E-state index in [1.54, 1.807) is 4.90 Å². The topological polar surface area (TPSA) is 40.5 Å². The molecule has 0 aliphatic carbocycles. The number of rotatable bonds is 5. The lowest BCUT2D eigenvalue weighted by Crippen LogP contribution is -2.45. The molecule has 0 aromatic carbocycles. The fourth-order valence-electron chi connectivity index (χ4n) is 1.24. The van der Waals surface area contributed by atoms with Gasteiger partial charge in [0.2, 0.25) is 0 Å². The van der Waals surface area contributed by atoms with Gasteiger partial charge in [0, 0.05) is 13.1 Å². The van der Waals surface area contributed by atoms with Crippen molar-refractivity contribution in [3.8, 4) is 0 Å². The Bertz CT molecular complexity index is 155. The van der Waals surface area contributed by atoms with E-state index in [-0.39, 0.29) is 5.91 Å². The highest BCUT2D eigenvalue weighted by Crippen LogP contribution is 2.08. The van der Waals surface area contributed by atoms with E-state index in [9.17, 15) is 9.90 Å². The molecule has 0 aromatic rings. The minimum atomic E-state index is -1.23. The van der Waals surface area contributed by atoms with Crippen molar-refractivity contribution < 1.29 is 9.90 Å². The monoisotopic (exact) mass is 187 g/mol. The van der Waals surface area contributed by atoms with Crippen molar-refractivity contribution in [2.24, 2.45) is 0 Å². The number of nitrogens with zero attached hydrogens (tertiary/aromatic N) is 1. The van der Waals surface area contributed by atoms with Crippen molar-refractivity contribution in [3.63, 3.8) is 0 Å². The summed E-state index contributed by atoms with van der Waals surface area (Å²) in [4.78, 5) is 13.3. The van der Waals surface area contributed by atoms with E-state index in [0.717, 1.165) is 25.9 Å². The maximum atomic E-state index is 11.6. The van der Waals surface area contributed by atoms with Gasteiger partial charge in [0.25, 0.3) is 5.91 Å². The Labute approximate surface area is 80.7 Å². The van der Waals surface area contributed by atoms with Gasteiger partial charge in [-0.15, -0.1) is 0 Å². The van der Waals surface area contributed by atoms with E-state index in [4.69, 9.17) is 0 Å². The molecule has 1 amide bonds. The molecule has 1 N–H and O–H groups in total. The van der Waals surface area contributed by atoms with Gasteiger partial charge >= 0.3 is 0 Å². The first-order valence-electron chi connectivity index (χ1n) is 4.95. The highest BCUT2D eigenvalue weighted by atomic mass is 16.3. The van der Waals surface area contributed by atoms with E-state index in [2.05, 4.69) is 0 Å². The van der Waals surface area contributed by atoms with Crippen molar-refractivity contribution in [1.82, 2.24) is 4.90 Å². The van der Waals surface area contributed by atoms with Crippen LogP contribution in [0.1, 0.15) is 40.5 Å². The van der Waals surface area contributed by atoms with Crippen molar-refractivity contribution in [3.05, 3.63) is 0 Å². The average molecular weight is 187 g/mol. The molecule has 0 bridgehead atoms. The number of carbonyl (C=O) groups is 1. The Morgan fingerprint density at radius 1 is 1.23 bits per heavy atom. The summed E-state index contributed by atoms with van der Waals surface area (Å²) in [6, 6.07) is 0. The zero-order valence-corrected chi connectivity index (χ0v) is 9.13. The third-order valence-corrected chi connectivity index (χ3v) is 1.80. The van der Waals surface area contributed by atoms with Gasteiger partial charge in [-0.1, -0.05) is 13.8 Å². The minimum Gasteiger partial charge on any atom is -0.381 e. The van der Waals surface area contributed by atoms with Gasteiger partial charge in [0.1, 0.15) is 5.60 Å². The molecule has 0 saturated heterocycles. The lowest BCUT2D eigenvalue weighted by Gasteiger charge is -2.27. The molecule has 0 spiro atoms. The zero-order valence-electron chi connectivity index (χ0n) is 9.13. The average Bonchev–Trinajstić information content (AvgIpc) is 2.01. The Balaban J connectivity index is 4.27. The minimum absolute atomic E-state index is 0.170. The molecule has 0 fully saturated rings. The molecule has 0 saturated carbocycles. The molecule has 0 aliphatic heterocycles. The van der Waals surface area contributed by atoms with Crippen LogP contribution in [0.3, 0.4) is 0 Å². The van der Waals surface area contributed by atoms with Crippen LogP contribution in [0.2, 0.25) is 0 Å². The Morgan fingerprint density at radius 3 is 1.85 bits per heavy atom. The molecule has 13 heavy (non-hydrogen) atoms. The van der Waals surface area contributed by atoms with E-state index >= 15 is 0 Å². The molecular formula is C10H21NO2. The predicted octanol–water partition coefficient (Wildman–Crippen LogP) is 1.41. The van der Waals surface area contributed by atoms with Crippen LogP contribution in [-0.2, 0) is 4.79 Å². The largest absolute Gasteiger partial charge is 0.381 e. The second kappa shape index (κ2) is 5.22. The first-order chi connectivity index (χ1) is 5.93. The van der Waals surface area contributed by atoms with Crippen molar-refractivity contribution >= 4 is 5.91 Å². The van der Waals surface area contributed by atoms with Crippen molar-refractivity contribution in [1.29, 1.82) is 0 Å². The first-order valence-corrected chi connectivity index (χ1v) is 4.95. The number of amides is 1. The van der Waals surface area contributed by atoms with Crippen LogP contribution in [0, 0.1) is 0 Å². The molecule has 0 aromatic heterocycles. The fraction of sp³-hybridized carbons (Fsp3) is 0.900. The fourth-order valence-corrected chi connectivity index (χ4v) is 1.24. The number of hydrogen-bond donors (Lipinski definition) is 1. The summed E-state index contributed by atoms with van der Waals surface area (Å²) < 4.78 is 0. The van der Waals surface area contributed by atoms with Crippen LogP contribution >= 0.6 is 0 Å². The Morgan fingerprint density at radius 2 is 1.62 bits per heavy atom. The van der Waals surface area contributed by atoms with Crippen molar-refractivity contribution in [2.75, 3.05) is 13.1 Å². The molecule has 3 heteroatoms. The summed E-state index contributed by atoms with van der Waals surface area (Å²) in [5, 5.41) is 9.52. The van der Waals surface area contributed by atoms with Crippen LogP contribution in [0.5, 0.6) is 0 Å². The second-order valence-corrected chi connectivity index (χ2v) is 3.85. The van der Waals surface area contributed by atoms with Gasteiger partial charge in [0.05, 0.1) is 0 Å². The molecule has 78 valence electrons. The summed E-state index contributed by atoms with van der Waals surface area (Å²) in [6.07, 6.45) is 1.86. The van der Waals surface area contributed by atoms with Crippen LogP contribution in [-0.4, -0.2) is 34.6 Å². The normalized spacial score (nSPS) is 11.5. The summed E-state index contributed by atoms with van der Waals surface area (Å²) in [7, 11) is 0. The maximum absolute atomic E-state index is 11.6.